The minimum atomic E-state index is -0.395. The topological polar surface area (TPSA) is 55.2 Å². The van der Waals surface area contributed by atoms with Gasteiger partial charge < -0.3 is 5.32 Å². The third kappa shape index (κ3) is 3.67. The Labute approximate surface area is 146 Å². The Hall–Kier alpha value is -1.40. The van der Waals surface area contributed by atoms with Crippen molar-refractivity contribution in [2.45, 2.75) is 26.2 Å². The van der Waals surface area contributed by atoms with Crippen molar-refractivity contribution in [1.82, 2.24) is 0 Å². The number of para-hydroxylation sites is 2. The van der Waals surface area contributed by atoms with E-state index in [2.05, 4.69) is 57.9 Å². The molecule has 0 spiro atoms. The number of halogens is 2. The largest absolute Gasteiger partial charge is 0.348 e. The van der Waals surface area contributed by atoms with Gasteiger partial charge in [-0.3, -0.25) is 10.1 Å². The highest BCUT2D eigenvalue weighted by Crippen LogP contribution is 2.39. The third-order valence-corrected chi connectivity index (χ3v) is 4.52. The molecule has 0 aliphatic rings. The van der Waals surface area contributed by atoms with Crippen molar-refractivity contribution in [2.75, 3.05) is 5.32 Å². The molecule has 0 heterocycles. The Morgan fingerprint density at radius 1 is 1.09 bits per heavy atom. The Morgan fingerprint density at radius 2 is 1.64 bits per heavy atom. The number of hydrogen-bond acceptors (Lipinski definition) is 3. The Kier molecular flexibility index (Phi) is 4.92. The number of anilines is 2. The lowest BCUT2D eigenvalue weighted by Crippen LogP contribution is -2.11. The number of nitrogens with one attached hydrogen (secondary N) is 1. The van der Waals surface area contributed by atoms with Gasteiger partial charge in [0.05, 0.1) is 10.6 Å². The Balaban J connectivity index is 2.46. The number of rotatable bonds is 3. The maximum atomic E-state index is 11.1. The maximum Gasteiger partial charge on any atom is 0.292 e. The van der Waals surface area contributed by atoms with Gasteiger partial charge in [0.15, 0.2) is 0 Å². The molecule has 0 saturated carbocycles. The molecule has 4 nitrogen and oxygen atoms in total. The highest BCUT2D eigenvalue weighted by Gasteiger charge is 2.19. The van der Waals surface area contributed by atoms with Gasteiger partial charge in [-0.05, 0) is 61.0 Å². The predicted octanol–water partition coefficient (Wildman–Crippen LogP) is 6.16. The molecule has 0 aromatic heterocycles. The molecule has 2 rings (SSSR count). The molecule has 0 aliphatic carbocycles. The summed E-state index contributed by atoms with van der Waals surface area (Å²) in [5, 5.41) is 14.2. The van der Waals surface area contributed by atoms with Crippen LogP contribution in [0.4, 0.5) is 17.1 Å². The van der Waals surface area contributed by atoms with Crippen LogP contribution in [0.15, 0.2) is 45.3 Å². The van der Waals surface area contributed by atoms with E-state index in [0.717, 1.165) is 14.6 Å². The fourth-order valence-electron chi connectivity index (χ4n) is 2.00. The molecule has 0 atom stereocenters. The zero-order valence-corrected chi connectivity index (χ0v) is 15.7. The van der Waals surface area contributed by atoms with Gasteiger partial charge in [-0.1, -0.05) is 32.9 Å². The lowest BCUT2D eigenvalue weighted by Gasteiger charge is -2.21. The van der Waals surface area contributed by atoms with Gasteiger partial charge in [-0.25, -0.2) is 0 Å². The molecule has 1 N–H and O–H groups in total. The van der Waals surface area contributed by atoms with Gasteiger partial charge in [0.1, 0.15) is 5.69 Å². The number of benzene rings is 2. The normalized spacial score (nSPS) is 11.3. The van der Waals surface area contributed by atoms with Gasteiger partial charge in [0.25, 0.3) is 5.69 Å². The highest BCUT2D eigenvalue weighted by molar-refractivity contribution is 9.11. The van der Waals surface area contributed by atoms with Crippen molar-refractivity contribution in [3.05, 3.63) is 61.0 Å². The summed E-state index contributed by atoms with van der Waals surface area (Å²) in [6, 6.07) is 10.6. The summed E-state index contributed by atoms with van der Waals surface area (Å²) < 4.78 is 1.70. The first-order valence-electron chi connectivity index (χ1n) is 6.70. The van der Waals surface area contributed by atoms with E-state index in [1.165, 1.54) is 11.6 Å². The van der Waals surface area contributed by atoms with Crippen molar-refractivity contribution in [2.24, 2.45) is 0 Å². The van der Waals surface area contributed by atoms with Crippen LogP contribution in [0.3, 0.4) is 0 Å². The molecular weight excluding hydrogens is 412 g/mol. The van der Waals surface area contributed by atoms with Crippen LogP contribution in [0.1, 0.15) is 26.3 Å². The summed E-state index contributed by atoms with van der Waals surface area (Å²) in [5.74, 6) is 0. The van der Waals surface area contributed by atoms with E-state index in [9.17, 15) is 10.1 Å². The second-order valence-electron chi connectivity index (χ2n) is 5.96. The van der Waals surface area contributed by atoms with Crippen LogP contribution in [0.25, 0.3) is 0 Å². The minimum Gasteiger partial charge on any atom is -0.348 e. The van der Waals surface area contributed by atoms with E-state index < -0.39 is 4.92 Å². The summed E-state index contributed by atoms with van der Waals surface area (Å²) in [5.41, 5.74) is 2.45. The Bertz CT molecular complexity index is 701. The van der Waals surface area contributed by atoms with Gasteiger partial charge in [0.2, 0.25) is 0 Å². The van der Waals surface area contributed by atoms with E-state index in [-0.39, 0.29) is 11.1 Å². The van der Waals surface area contributed by atoms with Crippen LogP contribution in [-0.4, -0.2) is 4.92 Å². The van der Waals surface area contributed by atoms with Gasteiger partial charge in [0, 0.05) is 15.0 Å². The molecule has 22 heavy (non-hydrogen) atoms. The number of nitro benzene ring substituents is 1. The first-order chi connectivity index (χ1) is 10.2. The summed E-state index contributed by atoms with van der Waals surface area (Å²) >= 11 is 7.09. The molecular formula is C16H16Br2N2O2. The average molecular weight is 428 g/mol. The van der Waals surface area contributed by atoms with Crippen molar-refractivity contribution in [3.8, 4) is 0 Å². The average Bonchev–Trinajstić information content (AvgIpc) is 2.41. The van der Waals surface area contributed by atoms with Gasteiger partial charge in [-0.2, -0.15) is 0 Å². The lowest BCUT2D eigenvalue weighted by molar-refractivity contribution is -0.383. The van der Waals surface area contributed by atoms with Crippen molar-refractivity contribution >= 4 is 48.9 Å². The third-order valence-electron chi connectivity index (χ3n) is 3.27. The first kappa shape index (κ1) is 17.0. The fourth-order valence-corrected chi connectivity index (χ4v) is 3.38. The number of hydrogen-bond donors (Lipinski definition) is 1. The van der Waals surface area contributed by atoms with E-state index in [0.29, 0.717) is 5.69 Å². The van der Waals surface area contributed by atoms with Crippen LogP contribution < -0.4 is 5.32 Å². The minimum absolute atomic E-state index is 0.0162. The second kappa shape index (κ2) is 6.38. The maximum absolute atomic E-state index is 11.1. The van der Waals surface area contributed by atoms with Gasteiger partial charge >= 0.3 is 0 Å². The van der Waals surface area contributed by atoms with Gasteiger partial charge in [-0.15, -0.1) is 0 Å². The molecule has 0 unspecified atom stereocenters. The second-order valence-corrected chi connectivity index (χ2v) is 7.67. The van der Waals surface area contributed by atoms with E-state index in [1.54, 1.807) is 18.2 Å². The lowest BCUT2D eigenvalue weighted by atomic mass is 9.87. The van der Waals surface area contributed by atoms with Crippen LogP contribution >= 0.6 is 31.9 Å². The summed E-state index contributed by atoms with van der Waals surface area (Å²) in [4.78, 5) is 10.7. The quantitative estimate of drug-likeness (QED) is 0.471. The molecule has 2 aromatic carbocycles. The molecule has 6 heteroatoms. The van der Waals surface area contributed by atoms with Crippen LogP contribution in [0.5, 0.6) is 0 Å². The molecule has 0 fully saturated rings. The predicted molar refractivity (Wildman–Crippen MR) is 96.9 cm³/mol. The number of nitrogens with zero attached hydrogens (tertiary/aromatic N) is 1. The van der Waals surface area contributed by atoms with Crippen LogP contribution in [0, 0.1) is 10.1 Å². The van der Waals surface area contributed by atoms with E-state index >= 15 is 0 Å². The van der Waals surface area contributed by atoms with Crippen molar-refractivity contribution in [1.29, 1.82) is 0 Å². The smallest absolute Gasteiger partial charge is 0.292 e. The van der Waals surface area contributed by atoms with Crippen LogP contribution in [0.2, 0.25) is 0 Å². The van der Waals surface area contributed by atoms with E-state index in [1.807, 2.05) is 12.1 Å². The molecule has 0 aliphatic heterocycles. The standard InChI is InChI=1S/C16H16Br2N2O2/c1-16(2,3)10-8-11(17)15(12(18)9-10)19-13-6-4-5-7-14(13)20(21)22/h4-9,19H,1-3H3. The van der Waals surface area contributed by atoms with Crippen molar-refractivity contribution in [3.63, 3.8) is 0 Å². The SMILES string of the molecule is CC(C)(C)c1cc(Br)c(Nc2ccccc2[N+](=O)[O-])c(Br)c1. The molecule has 116 valence electrons. The first-order valence-corrected chi connectivity index (χ1v) is 8.28. The van der Waals surface area contributed by atoms with Crippen molar-refractivity contribution < 1.29 is 4.92 Å². The summed E-state index contributed by atoms with van der Waals surface area (Å²) in [6.07, 6.45) is 0. The highest BCUT2D eigenvalue weighted by atomic mass is 79.9. The Morgan fingerprint density at radius 3 is 2.14 bits per heavy atom. The molecule has 0 radical (unpaired) electrons. The molecule has 0 bridgehead atoms. The molecule has 2 aromatic rings. The fraction of sp³-hybridized carbons (Fsp3) is 0.250. The van der Waals surface area contributed by atoms with E-state index in [4.69, 9.17) is 0 Å². The zero-order chi connectivity index (χ0) is 16.5. The summed E-state index contributed by atoms with van der Waals surface area (Å²) in [7, 11) is 0. The summed E-state index contributed by atoms with van der Waals surface area (Å²) in [6.45, 7) is 6.41. The zero-order valence-electron chi connectivity index (χ0n) is 12.5. The molecule has 0 saturated heterocycles. The van der Waals surface area contributed by atoms with Crippen LogP contribution in [-0.2, 0) is 5.41 Å². The molecule has 0 amide bonds. The monoisotopic (exact) mass is 426 g/mol. The number of nitro groups is 1.